The Bertz CT molecular complexity index is 557. The smallest absolute Gasteiger partial charge is 0.338 e. The Labute approximate surface area is 91.5 Å². The molecule has 2 heterocycles. The van der Waals surface area contributed by atoms with E-state index in [1.807, 2.05) is 0 Å². The number of nitrogens with zero attached hydrogens (tertiary/aromatic N) is 2. The molecule has 2 N–H and O–H groups in total. The van der Waals surface area contributed by atoms with E-state index in [0.717, 1.165) is 18.7 Å². The van der Waals surface area contributed by atoms with Crippen molar-refractivity contribution in [1.82, 2.24) is 15.0 Å². The summed E-state index contributed by atoms with van der Waals surface area (Å²) >= 11 is 0. The highest BCUT2D eigenvalue weighted by Gasteiger charge is 2.24. The third-order valence-corrected chi connectivity index (χ3v) is 3.13. The minimum atomic E-state index is -0.948. The van der Waals surface area contributed by atoms with Gasteiger partial charge in [-0.15, -0.1) is 0 Å². The summed E-state index contributed by atoms with van der Waals surface area (Å²) in [6, 6.07) is 1.49. The second kappa shape index (κ2) is 3.30. The molecule has 3 rings (SSSR count). The maximum atomic E-state index is 11.0. The number of aromatic carboxylic acids is 1. The SMILES string of the molecule is O=C(O)c1ccnc2nc(C3CCC3)[nH]c12. The van der Waals surface area contributed by atoms with Crippen molar-refractivity contribution < 1.29 is 9.90 Å². The van der Waals surface area contributed by atoms with Gasteiger partial charge in [-0.1, -0.05) is 6.42 Å². The van der Waals surface area contributed by atoms with Crippen LogP contribution in [-0.2, 0) is 0 Å². The van der Waals surface area contributed by atoms with Crippen molar-refractivity contribution in [3.8, 4) is 0 Å². The number of hydrogen-bond donors (Lipinski definition) is 2. The summed E-state index contributed by atoms with van der Waals surface area (Å²) in [5.41, 5.74) is 1.28. The first kappa shape index (κ1) is 9.33. The molecular weight excluding hydrogens is 206 g/mol. The summed E-state index contributed by atoms with van der Waals surface area (Å²) in [7, 11) is 0. The number of H-pyrrole nitrogens is 1. The summed E-state index contributed by atoms with van der Waals surface area (Å²) in [5.74, 6) is 0.384. The van der Waals surface area contributed by atoms with Crippen molar-refractivity contribution in [1.29, 1.82) is 0 Å². The molecule has 0 amide bonds. The molecule has 0 saturated heterocycles. The fraction of sp³-hybridized carbons (Fsp3) is 0.364. The number of rotatable bonds is 2. The molecule has 1 saturated carbocycles. The highest BCUT2D eigenvalue weighted by atomic mass is 16.4. The molecule has 1 aliphatic rings. The van der Waals surface area contributed by atoms with E-state index in [1.165, 1.54) is 18.7 Å². The summed E-state index contributed by atoms with van der Waals surface area (Å²) in [4.78, 5) is 22.5. The number of hydrogen-bond acceptors (Lipinski definition) is 3. The Morgan fingerprint density at radius 3 is 2.94 bits per heavy atom. The van der Waals surface area contributed by atoms with Crippen LogP contribution in [0.5, 0.6) is 0 Å². The molecule has 0 aliphatic heterocycles. The Morgan fingerprint density at radius 1 is 1.50 bits per heavy atom. The minimum Gasteiger partial charge on any atom is -0.478 e. The van der Waals surface area contributed by atoms with Crippen LogP contribution in [-0.4, -0.2) is 26.0 Å². The van der Waals surface area contributed by atoms with E-state index in [9.17, 15) is 4.79 Å². The summed E-state index contributed by atoms with van der Waals surface area (Å²) < 4.78 is 0. The van der Waals surface area contributed by atoms with Crippen molar-refractivity contribution in [3.05, 3.63) is 23.7 Å². The van der Waals surface area contributed by atoms with Gasteiger partial charge in [0.2, 0.25) is 0 Å². The Kier molecular flexibility index (Phi) is 1.92. The van der Waals surface area contributed by atoms with E-state index in [1.54, 1.807) is 0 Å². The average Bonchev–Trinajstić information content (AvgIpc) is 2.56. The van der Waals surface area contributed by atoms with Gasteiger partial charge in [-0.2, -0.15) is 0 Å². The first-order valence-corrected chi connectivity index (χ1v) is 5.33. The van der Waals surface area contributed by atoms with E-state index < -0.39 is 5.97 Å². The molecule has 5 heteroatoms. The molecule has 1 aliphatic carbocycles. The topological polar surface area (TPSA) is 78.9 Å². The summed E-state index contributed by atoms with van der Waals surface area (Å²) in [5, 5.41) is 9.03. The molecule has 82 valence electrons. The second-order valence-corrected chi connectivity index (χ2v) is 4.11. The number of aromatic amines is 1. The van der Waals surface area contributed by atoms with Crippen LogP contribution in [0.25, 0.3) is 11.2 Å². The molecule has 1 fully saturated rings. The fourth-order valence-corrected chi connectivity index (χ4v) is 1.98. The highest BCUT2D eigenvalue weighted by molar-refractivity contribution is 5.99. The van der Waals surface area contributed by atoms with Crippen LogP contribution >= 0.6 is 0 Å². The molecule has 0 spiro atoms. The van der Waals surface area contributed by atoms with Crippen molar-refractivity contribution >= 4 is 17.1 Å². The van der Waals surface area contributed by atoms with Crippen LogP contribution in [0, 0.1) is 0 Å². The lowest BCUT2D eigenvalue weighted by Crippen LogP contribution is -2.10. The Morgan fingerprint density at radius 2 is 2.31 bits per heavy atom. The van der Waals surface area contributed by atoms with Gasteiger partial charge in [-0.05, 0) is 18.9 Å². The van der Waals surface area contributed by atoms with Crippen molar-refractivity contribution in [2.75, 3.05) is 0 Å². The number of carboxylic acids is 1. The summed E-state index contributed by atoms with van der Waals surface area (Å²) in [6.45, 7) is 0. The third kappa shape index (κ3) is 1.28. The average molecular weight is 217 g/mol. The highest BCUT2D eigenvalue weighted by Crippen LogP contribution is 2.35. The third-order valence-electron chi connectivity index (χ3n) is 3.13. The number of fused-ring (bicyclic) bond motifs is 1. The van der Waals surface area contributed by atoms with Crippen LogP contribution in [0.3, 0.4) is 0 Å². The van der Waals surface area contributed by atoms with E-state index in [-0.39, 0.29) is 5.56 Å². The maximum Gasteiger partial charge on any atom is 0.338 e. The zero-order valence-corrected chi connectivity index (χ0v) is 8.60. The molecular formula is C11H11N3O2. The van der Waals surface area contributed by atoms with E-state index >= 15 is 0 Å². The second-order valence-electron chi connectivity index (χ2n) is 4.11. The minimum absolute atomic E-state index is 0.239. The van der Waals surface area contributed by atoms with Gasteiger partial charge in [0.05, 0.1) is 11.1 Å². The van der Waals surface area contributed by atoms with Gasteiger partial charge >= 0.3 is 5.97 Å². The van der Waals surface area contributed by atoms with Gasteiger partial charge in [0, 0.05) is 12.1 Å². The van der Waals surface area contributed by atoms with Crippen LogP contribution in [0.15, 0.2) is 12.3 Å². The van der Waals surface area contributed by atoms with E-state index in [2.05, 4.69) is 15.0 Å². The predicted molar refractivity (Wildman–Crippen MR) is 57.4 cm³/mol. The number of carboxylic acid groups (broad SMARTS) is 1. The number of imidazole rings is 1. The summed E-state index contributed by atoms with van der Waals surface area (Å²) in [6.07, 6.45) is 4.96. The maximum absolute atomic E-state index is 11.0. The molecule has 0 bridgehead atoms. The van der Waals surface area contributed by atoms with Gasteiger partial charge in [0.15, 0.2) is 5.65 Å². The zero-order valence-electron chi connectivity index (χ0n) is 8.60. The molecule has 2 aromatic rings. The molecule has 2 aromatic heterocycles. The molecule has 5 nitrogen and oxygen atoms in total. The van der Waals surface area contributed by atoms with Gasteiger partial charge in [-0.3, -0.25) is 0 Å². The first-order valence-electron chi connectivity index (χ1n) is 5.33. The molecule has 0 unspecified atom stereocenters. The van der Waals surface area contributed by atoms with Crippen molar-refractivity contribution in [2.24, 2.45) is 0 Å². The predicted octanol–water partition coefficient (Wildman–Crippen LogP) is 1.92. The van der Waals surface area contributed by atoms with E-state index in [4.69, 9.17) is 5.11 Å². The lowest BCUT2D eigenvalue weighted by atomic mass is 9.85. The quantitative estimate of drug-likeness (QED) is 0.805. The number of carbonyl (C=O) groups is 1. The fourth-order valence-electron chi connectivity index (χ4n) is 1.98. The van der Waals surface area contributed by atoms with Crippen LogP contribution in [0.1, 0.15) is 41.4 Å². The Balaban J connectivity index is 2.15. The molecule has 0 atom stereocenters. The largest absolute Gasteiger partial charge is 0.478 e. The Hall–Kier alpha value is -1.91. The van der Waals surface area contributed by atoms with Crippen LogP contribution < -0.4 is 0 Å². The monoisotopic (exact) mass is 217 g/mol. The molecule has 0 aromatic carbocycles. The zero-order chi connectivity index (χ0) is 11.1. The lowest BCUT2D eigenvalue weighted by Gasteiger charge is -2.22. The van der Waals surface area contributed by atoms with Gasteiger partial charge in [0.25, 0.3) is 0 Å². The van der Waals surface area contributed by atoms with E-state index in [0.29, 0.717) is 17.1 Å². The van der Waals surface area contributed by atoms with Gasteiger partial charge < -0.3 is 10.1 Å². The number of pyridine rings is 1. The van der Waals surface area contributed by atoms with Crippen LogP contribution in [0.4, 0.5) is 0 Å². The molecule has 16 heavy (non-hydrogen) atoms. The normalized spacial score (nSPS) is 16.2. The first-order chi connectivity index (χ1) is 7.75. The molecule has 0 radical (unpaired) electrons. The number of nitrogens with one attached hydrogen (secondary N) is 1. The van der Waals surface area contributed by atoms with Gasteiger partial charge in [0.1, 0.15) is 5.82 Å². The van der Waals surface area contributed by atoms with Crippen molar-refractivity contribution in [3.63, 3.8) is 0 Å². The van der Waals surface area contributed by atoms with Crippen LogP contribution in [0.2, 0.25) is 0 Å². The van der Waals surface area contributed by atoms with Gasteiger partial charge in [-0.25, -0.2) is 14.8 Å². The van der Waals surface area contributed by atoms with Crippen molar-refractivity contribution in [2.45, 2.75) is 25.2 Å². The number of aromatic nitrogens is 3. The standard InChI is InChI=1S/C11H11N3O2/c15-11(16)7-4-5-12-10-8(7)13-9(14-10)6-2-1-3-6/h4-6H,1-3H2,(H,15,16)(H,12,13,14). The lowest BCUT2D eigenvalue weighted by molar-refractivity contribution is 0.0698.